The average Bonchev–Trinajstić information content (AvgIpc) is 1.76. The molecule has 16 aromatic carbocycles. The molecule has 0 bridgehead atoms. The molecule has 18 rings (SSSR count). The first-order valence-corrected chi connectivity index (χ1v) is 31.9. The first kappa shape index (κ1) is 56.3. The molecule has 0 saturated carbocycles. The van der Waals surface area contributed by atoms with Crippen LogP contribution in [-0.4, -0.2) is 9.13 Å². The minimum absolute atomic E-state index is 0.767. The molecule has 5 heteroatoms. The van der Waals surface area contributed by atoms with Crippen LogP contribution in [0.5, 0.6) is 0 Å². The largest absolute Gasteiger partial charge is 0.399 e. The van der Waals surface area contributed by atoms with E-state index in [1.54, 1.807) is 0 Å². The van der Waals surface area contributed by atoms with Gasteiger partial charge in [-0.2, -0.15) is 0 Å². The minimum Gasteiger partial charge on any atom is -0.399 e. The highest BCUT2D eigenvalue weighted by atomic mass is 35.5. The zero-order chi connectivity index (χ0) is 62.2. The van der Waals surface area contributed by atoms with E-state index in [-0.39, 0.29) is 0 Å². The summed E-state index contributed by atoms with van der Waals surface area (Å²) < 4.78 is 4.71. The van der Waals surface area contributed by atoms with Crippen LogP contribution in [0.15, 0.2) is 352 Å². The van der Waals surface area contributed by atoms with Crippen molar-refractivity contribution in [1.29, 1.82) is 0 Å². The number of halogens is 1. The summed E-state index contributed by atoms with van der Waals surface area (Å²) in [5, 5.41) is 19.7. The quantitative estimate of drug-likeness (QED) is 0.118. The smallest absolute Gasteiger partial charge is 0.0541 e. The van der Waals surface area contributed by atoms with Crippen LogP contribution in [0.4, 0.5) is 17.1 Å². The number of benzene rings is 16. The predicted octanol–water partition coefficient (Wildman–Crippen LogP) is 24.5. The molecule has 93 heavy (non-hydrogen) atoms. The summed E-state index contributed by atoms with van der Waals surface area (Å²) in [5.74, 6) is 0. The SMILES string of the molecule is Clc1ccc(-c2cc3ccccc3c3ccccc23)cc1.Nc1ccc(-c2cccc(-n3c4ccccc4c4ccccc43)c2)cc1.c1cc(-c2ccc(Nc3ccc(-c4cc5ccccc5c5ccccc45)cc3)cc2)cc(-n2c3ccccc3c3ccccc32)c1. The van der Waals surface area contributed by atoms with Crippen LogP contribution in [-0.2, 0) is 0 Å². The first-order valence-electron chi connectivity index (χ1n) is 31.5. The number of nitrogens with zero attached hydrogens (tertiary/aromatic N) is 2. The van der Waals surface area contributed by atoms with Gasteiger partial charge in [0, 0.05) is 55.0 Å². The van der Waals surface area contributed by atoms with Crippen molar-refractivity contribution in [2.24, 2.45) is 0 Å². The van der Waals surface area contributed by atoms with Gasteiger partial charge in [0.1, 0.15) is 0 Å². The number of nitrogens with two attached hydrogens (primary N) is 1. The fraction of sp³-hybridized carbons (Fsp3) is 0. The number of rotatable bonds is 8. The summed E-state index contributed by atoms with van der Waals surface area (Å²) in [6.07, 6.45) is 0. The maximum Gasteiger partial charge on any atom is 0.0541 e. The van der Waals surface area contributed by atoms with Crippen LogP contribution in [0, 0.1) is 0 Å². The van der Waals surface area contributed by atoms with Crippen molar-refractivity contribution in [2.45, 2.75) is 0 Å². The van der Waals surface area contributed by atoms with Crippen molar-refractivity contribution in [2.75, 3.05) is 11.1 Å². The Morgan fingerprint density at radius 2 is 0.548 bits per heavy atom. The van der Waals surface area contributed by atoms with E-state index in [0.29, 0.717) is 0 Å². The monoisotopic (exact) mass is 1210 g/mol. The van der Waals surface area contributed by atoms with Crippen LogP contribution >= 0.6 is 11.6 Å². The fourth-order valence-corrected chi connectivity index (χ4v) is 13.7. The van der Waals surface area contributed by atoms with E-state index in [0.717, 1.165) is 33.5 Å². The number of nitrogen functional groups attached to an aromatic ring is 1. The van der Waals surface area contributed by atoms with Gasteiger partial charge in [-0.1, -0.05) is 254 Å². The van der Waals surface area contributed by atoms with E-state index in [2.05, 4.69) is 342 Å². The lowest BCUT2D eigenvalue weighted by atomic mass is 9.93. The molecule has 2 aromatic heterocycles. The summed E-state index contributed by atoms with van der Waals surface area (Å²) >= 11 is 6.01. The zero-order valence-corrected chi connectivity index (χ0v) is 51.6. The number of anilines is 3. The van der Waals surface area contributed by atoms with Crippen molar-refractivity contribution >= 4 is 115 Å². The Labute approximate surface area is 544 Å². The standard InChI is InChI=1S/C44H30N2.C24H18N2.C20H13Cl/c1-2-13-37-33(10-1)29-42(39-15-4-3-14-38(37)39)31-22-26-35(27-23-31)45-34-24-20-30(21-25-34)32-11-9-12-36(28-32)46-43-18-7-5-16-40(43)41-17-6-8-19-44(41)46;25-19-14-12-17(13-15-19)18-6-5-7-20(16-18)26-23-10-3-1-8-21(23)22-9-2-4-11-24(22)26;21-16-11-9-14(10-12-16)20-13-15-5-1-2-6-17(15)18-7-3-4-8-19(18)20/h1-29,45H;1-16H,25H2;1-13H. The molecule has 0 aliphatic carbocycles. The molecule has 0 unspecified atom stereocenters. The molecule has 440 valence electrons. The van der Waals surface area contributed by atoms with E-state index >= 15 is 0 Å². The molecule has 0 spiro atoms. The van der Waals surface area contributed by atoms with Crippen molar-refractivity contribution in [3.05, 3.63) is 357 Å². The van der Waals surface area contributed by atoms with E-state index in [9.17, 15) is 0 Å². The molecule has 0 radical (unpaired) electrons. The molecule has 0 fully saturated rings. The molecular weight excluding hydrogens is 1150 g/mol. The number of hydrogen-bond acceptors (Lipinski definition) is 2. The number of aromatic nitrogens is 2. The normalized spacial score (nSPS) is 11.3. The molecule has 2 heterocycles. The molecule has 0 aliphatic heterocycles. The summed E-state index contributed by atoms with van der Waals surface area (Å²) in [7, 11) is 0. The Balaban J connectivity index is 0.000000123. The van der Waals surface area contributed by atoms with Crippen LogP contribution in [0.3, 0.4) is 0 Å². The highest BCUT2D eigenvalue weighted by molar-refractivity contribution is 6.30. The third kappa shape index (κ3) is 10.8. The Morgan fingerprint density at radius 1 is 0.237 bits per heavy atom. The van der Waals surface area contributed by atoms with Gasteiger partial charge in [-0.15, -0.1) is 0 Å². The summed E-state index contributed by atoms with van der Waals surface area (Å²) in [6.45, 7) is 0. The third-order valence-corrected chi connectivity index (χ3v) is 18.3. The Morgan fingerprint density at radius 3 is 0.946 bits per heavy atom. The van der Waals surface area contributed by atoms with Crippen LogP contribution in [0.25, 0.3) is 143 Å². The van der Waals surface area contributed by atoms with Crippen molar-refractivity contribution < 1.29 is 0 Å². The van der Waals surface area contributed by atoms with E-state index in [1.807, 2.05) is 24.3 Å². The second-order valence-corrected chi connectivity index (χ2v) is 24.1. The topological polar surface area (TPSA) is 47.9 Å². The molecule has 0 aliphatic rings. The van der Waals surface area contributed by atoms with Gasteiger partial charge in [0.05, 0.1) is 22.1 Å². The van der Waals surface area contributed by atoms with Gasteiger partial charge in [0.2, 0.25) is 0 Å². The second kappa shape index (κ2) is 24.4. The Bertz CT molecular complexity index is 5680. The minimum atomic E-state index is 0.767. The number of fused-ring (bicyclic) bond motifs is 12. The van der Waals surface area contributed by atoms with Crippen LogP contribution < -0.4 is 11.1 Å². The van der Waals surface area contributed by atoms with E-state index in [4.69, 9.17) is 17.3 Å². The van der Waals surface area contributed by atoms with Gasteiger partial charge in [-0.25, -0.2) is 0 Å². The third-order valence-electron chi connectivity index (χ3n) is 18.0. The molecule has 0 atom stereocenters. The molecule has 0 amide bonds. The van der Waals surface area contributed by atoms with Crippen molar-refractivity contribution in [3.63, 3.8) is 0 Å². The molecule has 3 N–H and O–H groups in total. The van der Waals surface area contributed by atoms with E-state index < -0.39 is 0 Å². The lowest BCUT2D eigenvalue weighted by Gasteiger charge is -2.13. The predicted molar refractivity (Wildman–Crippen MR) is 399 cm³/mol. The number of para-hydroxylation sites is 4. The first-order chi connectivity index (χ1) is 45.9. The van der Waals surface area contributed by atoms with Crippen LogP contribution in [0.2, 0.25) is 5.02 Å². The van der Waals surface area contributed by atoms with Gasteiger partial charge in [-0.3, -0.25) is 0 Å². The molecule has 18 aromatic rings. The second-order valence-electron chi connectivity index (χ2n) is 23.6. The summed E-state index contributed by atoms with van der Waals surface area (Å²) in [5.41, 5.74) is 25.6. The van der Waals surface area contributed by atoms with Crippen molar-refractivity contribution in [1.82, 2.24) is 9.13 Å². The zero-order valence-electron chi connectivity index (χ0n) is 50.8. The Hall–Kier alpha value is -12.0. The Kier molecular flexibility index (Phi) is 14.8. The fourth-order valence-electron chi connectivity index (χ4n) is 13.6. The highest BCUT2D eigenvalue weighted by Gasteiger charge is 2.16. The highest BCUT2D eigenvalue weighted by Crippen LogP contribution is 2.40. The average molecular weight is 1210 g/mol. The van der Waals surface area contributed by atoms with Crippen molar-refractivity contribution in [3.8, 4) is 55.9 Å². The molecular formula is C88H61ClN4. The van der Waals surface area contributed by atoms with Crippen LogP contribution in [0.1, 0.15) is 0 Å². The summed E-state index contributed by atoms with van der Waals surface area (Å²) in [6, 6.07) is 125. The maximum atomic E-state index is 6.01. The molecule has 4 nitrogen and oxygen atoms in total. The lowest BCUT2D eigenvalue weighted by molar-refractivity contribution is 1.18. The molecule has 0 saturated heterocycles. The van der Waals surface area contributed by atoms with Gasteiger partial charge in [-0.05, 0) is 197 Å². The number of hydrogen-bond donors (Lipinski definition) is 2. The van der Waals surface area contributed by atoms with Gasteiger partial charge < -0.3 is 20.2 Å². The number of nitrogens with one attached hydrogen (secondary N) is 1. The summed E-state index contributed by atoms with van der Waals surface area (Å²) in [4.78, 5) is 0. The van der Waals surface area contributed by atoms with E-state index in [1.165, 1.54) is 131 Å². The van der Waals surface area contributed by atoms with Gasteiger partial charge >= 0.3 is 0 Å². The van der Waals surface area contributed by atoms with Gasteiger partial charge in [0.15, 0.2) is 0 Å². The van der Waals surface area contributed by atoms with Gasteiger partial charge in [0.25, 0.3) is 0 Å². The lowest BCUT2D eigenvalue weighted by Crippen LogP contribution is -1.94. The maximum absolute atomic E-state index is 6.01.